The molecule has 0 spiro atoms. The van der Waals surface area contributed by atoms with Crippen LogP contribution in [0.15, 0.2) is 24.8 Å². The van der Waals surface area contributed by atoms with Crippen molar-refractivity contribution in [2.24, 2.45) is 5.92 Å². The van der Waals surface area contributed by atoms with Crippen LogP contribution in [0.4, 0.5) is 0 Å². The minimum atomic E-state index is -0.323. The summed E-state index contributed by atoms with van der Waals surface area (Å²) in [5, 5.41) is 0. The SMILES string of the molecule is C=C(C)C(=O)OCC(C)C.C=CC(=O)OCCCCC. The third-order valence-corrected chi connectivity index (χ3v) is 2.06. The van der Waals surface area contributed by atoms with Crippen molar-refractivity contribution < 1.29 is 19.1 Å². The van der Waals surface area contributed by atoms with Gasteiger partial charge in [-0.05, 0) is 19.3 Å². The fourth-order valence-corrected chi connectivity index (χ4v) is 0.949. The minimum Gasteiger partial charge on any atom is -0.463 e. The third kappa shape index (κ3) is 16.4. The van der Waals surface area contributed by atoms with Crippen molar-refractivity contribution in [2.75, 3.05) is 13.2 Å². The van der Waals surface area contributed by atoms with Crippen molar-refractivity contribution >= 4 is 11.9 Å². The summed E-state index contributed by atoms with van der Waals surface area (Å²) < 4.78 is 9.56. The van der Waals surface area contributed by atoms with E-state index >= 15 is 0 Å². The van der Waals surface area contributed by atoms with Crippen molar-refractivity contribution in [3.8, 4) is 0 Å². The van der Waals surface area contributed by atoms with Gasteiger partial charge in [-0.2, -0.15) is 0 Å². The highest BCUT2D eigenvalue weighted by Crippen LogP contribution is 1.97. The van der Waals surface area contributed by atoms with Gasteiger partial charge in [0, 0.05) is 11.6 Å². The first kappa shape index (κ1) is 20.7. The molecule has 4 heteroatoms. The number of ether oxygens (including phenoxy) is 2. The summed E-state index contributed by atoms with van der Waals surface area (Å²) in [6.07, 6.45) is 4.40. The Labute approximate surface area is 122 Å². The van der Waals surface area contributed by atoms with E-state index in [4.69, 9.17) is 9.47 Å². The van der Waals surface area contributed by atoms with Crippen molar-refractivity contribution in [1.29, 1.82) is 0 Å². The maximum Gasteiger partial charge on any atom is 0.333 e. The van der Waals surface area contributed by atoms with Gasteiger partial charge in [0.15, 0.2) is 0 Å². The monoisotopic (exact) mass is 284 g/mol. The lowest BCUT2D eigenvalue weighted by Gasteiger charge is -2.05. The van der Waals surface area contributed by atoms with E-state index in [-0.39, 0.29) is 11.9 Å². The molecule has 0 aromatic carbocycles. The Morgan fingerprint density at radius 1 is 1.20 bits per heavy atom. The highest BCUT2D eigenvalue weighted by Gasteiger charge is 2.03. The first-order chi connectivity index (χ1) is 9.34. The summed E-state index contributed by atoms with van der Waals surface area (Å²) in [6.45, 7) is 15.5. The fourth-order valence-electron chi connectivity index (χ4n) is 0.949. The molecule has 116 valence electrons. The molecule has 0 aliphatic heterocycles. The van der Waals surface area contributed by atoms with Crippen LogP contribution in [0.1, 0.15) is 47.0 Å². The molecular formula is C16H28O4. The Kier molecular flexibility index (Phi) is 14.3. The molecule has 0 amide bonds. The van der Waals surface area contributed by atoms with E-state index in [1.807, 2.05) is 13.8 Å². The highest BCUT2D eigenvalue weighted by atomic mass is 16.5. The number of hydrogen-bond donors (Lipinski definition) is 0. The van der Waals surface area contributed by atoms with Crippen LogP contribution in [0.3, 0.4) is 0 Å². The second-order valence-electron chi connectivity index (χ2n) is 4.85. The Morgan fingerprint density at radius 3 is 2.20 bits per heavy atom. The normalized spacial score (nSPS) is 9.25. The summed E-state index contributed by atoms with van der Waals surface area (Å²) >= 11 is 0. The summed E-state index contributed by atoms with van der Waals surface area (Å²) in [5.74, 6) is -0.229. The molecule has 0 aromatic rings. The number of rotatable bonds is 8. The summed E-state index contributed by atoms with van der Waals surface area (Å²) in [7, 11) is 0. The number of hydrogen-bond acceptors (Lipinski definition) is 4. The van der Waals surface area contributed by atoms with E-state index in [9.17, 15) is 9.59 Å². The molecule has 0 aromatic heterocycles. The lowest BCUT2D eigenvalue weighted by molar-refractivity contribution is -0.140. The van der Waals surface area contributed by atoms with Gasteiger partial charge in [-0.15, -0.1) is 0 Å². The average molecular weight is 284 g/mol. The van der Waals surface area contributed by atoms with Crippen LogP contribution < -0.4 is 0 Å². The smallest absolute Gasteiger partial charge is 0.333 e. The van der Waals surface area contributed by atoms with Crippen LogP contribution >= 0.6 is 0 Å². The summed E-state index contributed by atoms with van der Waals surface area (Å²) in [5.41, 5.74) is 0.459. The second kappa shape index (κ2) is 13.8. The van der Waals surface area contributed by atoms with Gasteiger partial charge in [0.1, 0.15) is 0 Å². The zero-order valence-electron chi connectivity index (χ0n) is 13.2. The van der Waals surface area contributed by atoms with Crippen LogP contribution in [0.2, 0.25) is 0 Å². The zero-order chi connectivity index (χ0) is 16.0. The Balaban J connectivity index is 0. The molecule has 20 heavy (non-hydrogen) atoms. The van der Waals surface area contributed by atoms with Crippen LogP contribution in [0, 0.1) is 5.92 Å². The van der Waals surface area contributed by atoms with Crippen LogP contribution in [-0.4, -0.2) is 25.2 Å². The highest BCUT2D eigenvalue weighted by molar-refractivity contribution is 5.86. The number of unbranched alkanes of at least 4 members (excludes halogenated alkanes) is 2. The largest absolute Gasteiger partial charge is 0.463 e. The standard InChI is InChI=1S/2C8H14O2/c1-6(2)5-10-8(9)7(3)4;1-3-5-6-7-10-8(9)4-2/h6H,3,5H2,1-2,4H3;4H,2-3,5-7H2,1H3. The zero-order valence-corrected chi connectivity index (χ0v) is 13.2. The van der Waals surface area contributed by atoms with E-state index in [1.54, 1.807) is 6.92 Å². The van der Waals surface area contributed by atoms with E-state index in [0.717, 1.165) is 19.3 Å². The number of carbonyl (C=O) groups excluding carboxylic acids is 2. The summed E-state index contributed by atoms with van der Waals surface area (Å²) in [6, 6.07) is 0. The molecule has 0 heterocycles. The predicted molar refractivity (Wildman–Crippen MR) is 81.3 cm³/mol. The molecule has 4 nitrogen and oxygen atoms in total. The van der Waals surface area contributed by atoms with E-state index in [1.165, 1.54) is 6.08 Å². The van der Waals surface area contributed by atoms with Gasteiger partial charge in [0.05, 0.1) is 13.2 Å². The molecular weight excluding hydrogens is 256 g/mol. The molecule has 0 unspecified atom stereocenters. The van der Waals surface area contributed by atoms with Gasteiger partial charge in [-0.1, -0.05) is 46.8 Å². The lowest BCUT2D eigenvalue weighted by Crippen LogP contribution is -2.09. The number of esters is 2. The molecule has 0 N–H and O–H groups in total. The van der Waals surface area contributed by atoms with Crippen molar-refractivity contribution in [3.63, 3.8) is 0 Å². The fraction of sp³-hybridized carbons (Fsp3) is 0.625. The molecule has 0 radical (unpaired) electrons. The van der Waals surface area contributed by atoms with Gasteiger partial charge in [-0.25, -0.2) is 9.59 Å². The summed E-state index contributed by atoms with van der Waals surface area (Å²) in [4.78, 5) is 21.2. The Bertz CT molecular complexity index is 306. The topological polar surface area (TPSA) is 52.6 Å². The van der Waals surface area contributed by atoms with Gasteiger partial charge >= 0.3 is 11.9 Å². The lowest BCUT2D eigenvalue weighted by atomic mass is 10.2. The molecule has 0 aliphatic rings. The quantitative estimate of drug-likeness (QED) is 0.388. The van der Waals surface area contributed by atoms with E-state index < -0.39 is 0 Å². The van der Waals surface area contributed by atoms with Gasteiger partial charge < -0.3 is 9.47 Å². The van der Waals surface area contributed by atoms with Gasteiger partial charge in [0.2, 0.25) is 0 Å². The van der Waals surface area contributed by atoms with Gasteiger partial charge in [0.25, 0.3) is 0 Å². The van der Waals surface area contributed by atoms with E-state index in [2.05, 4.69) is 20.1 Å². The van der Waals surface area contributed by atoms with Crippen molar-refractivity contribution in [1.82, 2.24) is 0 Å². The molecule has 0 atom stereocenters. The third-order valence-electron chi connectivity index (χ3n) is 2.06. The Hall–Kier alpha value is -1.58. The molecule has 0 aliphatic carbocycles. The maximum absolute atomic E-state index is 10.7. The molecule has 0 saturated heterocycles. The predicted octanol–water partition coefficient (Wildman–Crippen LogP) is 3.67. The van der Waals surface area contributed by atoms with E-state index in [0.29, 0.717) is 24.7 Å². The first-order valence-electron chi connectivity index (χ1n) is 6.96. The molecule has 0 bridgehead atoms. The second-order valence-corrected chi connectivity index (χ2v) is 4.85. The van der Waals surface area contributed by atoms with Gasteiger partial charge in [-0.3, -0.25) is 0 Å². The van der Waals surface area contributed by atoms with Crippen LogP contribution in [0.25, 0.3) is 0 Å². The van der Waals surface area contributed by atoms with Crippen molar-refractivity contribution in [3.05, 3.63) is 24.8 Å². The molecule has 0 fully saturated rings. The van der Waals surface area contributed by atoms with Crippen molar-refractivity contribution in [2.45, 2.75) is 47.0 Å². The average Bonchev–Trinajstić information content (AvgIpc) is 2.41. The maximum atomic E-state index is 10.7. The Morgan fingerprint density at radius 2 is 1.80 bits per heavy atom. The first-order valence-corrected chi connectivity index (χ1v) is 6.96. The molecule has 0 saturated carbocycles. The minimum absolute atomic E-state index is 0.297. The van der Waals surface area contributed by atoms with Crippen LogP contribution in [0.5, 0.6) is 0 Å². The number of carbonyl (C=O) groups is 2. The van der Waals surface area contributed by atoms with Crippen LogP contribution in [-0.2, 0) is 19.1 Å². The molecule has 0 rings (SSSR count).